The van der Waals surface area contributed by atoms with Crippen molar-refractivity contribution < 1.29 is 9.13 Å². The van der Waals surface area contributed by atoms with Crippen molar-refractivity contribution in [1.82, 2.24) is 24.7 Å². The first kappa shape index (κ1) is 14.8. The highest BCUT2D eigenvalue weighted by Crippen LogP contribution is 2.31. The summed E-state index contributed by atoms with van der Waals surface area (Å²) < 4.78 is 22.5. The van der Waals surface area contributed by atoms with E-state index in [-0.39, 0.29) is 29.5 Å². The summed E-state index contributed by atoms with van der Waals surface area (Å²) in [5.74, 6) is -0.497. The van der Waals surface area contributed by atoms with E-state index >= 15 is 4.39 Å². The van der Waals surface area contributed by atoms with Crippen LogP contribution in [0.15, 0.2) is 18.3 Å². The standard InChI is InChI=1S/C15H16FN7O/c16-11-9(13-20-14(17)22-15(18)21-13)5-4-8-7-19-23(12(8)11)10-3-1-2-6-24-10/h4-5,7,10H,1-3,6H2,(H4,17,18,20,21,22). The fourth-order valence-electron chi connectivity index (χ4n) is 2.94. The first-order valence-electron chi connectivity index (χ1n) is 7.68. The lowest BCUT2D eigenvalue weighted by atomic mass is 10.1. The molecule has 0 saturated carbocycles. The van der Waals surface area contributed by atoms with Crippen LogP contribution < -0.4 is 11.5 Å². The van der Waals surface area contributed by atoms with E-state index in [1.807, 2.05) is 0 Å². The Kier molecular flexibility index (Phi) is 3.49. The van der Waals surface area contributed by atoms with Crippen LogP contribution in [0.5, 0.6) is 0 Å². The molecule has 1 aliphatic heterocycles. The molecule has 1 fully saturated rings. The Labute approximate surface area is 136 Å². The Balaban J connectivity index is 1.87. The molecule has 0 amide bonds. The van der Waals surface area contributed by atoms with Crippen molar-refractivity contribution >= 4 is 22.8 Å². The molecule has 124 valence electrons. The Hall–Kier alpha value is -2.81. The van der Waals surface area contributed by atoms with Crippen molar-refractivity contribution in [3.05, 3.63) is 24.1 Å². The van der Waals surface area contributed by atoms with Crippen LogP contribution in [0.1, 0.15) is 25.5 Å². The maximum Gasteiger partial charge on any atom is 0.225 e. The van der Waals surface area contributed by atoms with Crippen LogP contribution in [-0.4, -0.2) is 31.3 Å². The number of halogens is 1. The average molecular weight is 329 g/mol. The highest BCUT2D eigenvalue weighted by atomic mass is 19.1. The molecule has 8 nitrogen and oxygen atoms in total. The number of nitrogen functional groups attached to an aromatic ring is 2. The fourth-order valence-corrected chi connectivity index (χ4v) is 2.94. The molecule has 4 rings (SSSR count). The van der Waals surface area contributed by atoms with Crippen LogP contribution in [0.25, 0.3) is 22.3 Å². The number of benzene rings is 1. The van der Waals surface area contributed by atoms with E-state index in [1.165, 1.54) is 0 Å². The number of nitrogens with zero attached hydrogens (tertiary/aromatic N) is 5. The number of hydrogen-bond acceptors (Lipinski definition) is 7. The van der Waals surface area contributed by atoms with E-state index < -0.39 is 5.82 Å². The minimum atomic E-state index is -0.482. The van der Waals surface area contributed by atoms with E-state index in [0.29, 0.717) is 17.5 Å². The lowest BCUT2D eigenvalue weighted by Gasteiger charge is -2.23. The second-order valence-electron chi connectivity index (χ2n) is 5.65. The van der Waals surface area contributed by atoms with E-state index in [2.05, 4.69) is 20.1 Å². The minimum Gasteiger partial charge on any atom is -0.368 e. The van der Waals surface area contributed by atoms with Gasteiger partial charge in [0.25, 0.3) is 0 Å². The van der Waals surface area contributed by atoms with E-state index in [4.69, 9.17) is 16.2 Å². The zero-order chi connectivity index (χ0) is 16.7. The van der Waals surface area contributed by atoms with Gasteiger partial charge in [-0.2, -0.15) is 20.1 Å². The van der Waals surface area contributed by atoms with Crippen LogP contribution in [0.3, 0.4) is 0 Å². The molecule has 0 radical (unpaired) electrons. The number of nitrogens with two attached hydrogens (primary N) is 2. The number of rotatable bonds is 2. The Morgan fingerprint density at radius 3 is 2.62 bits per heavy atom. The first-order chi connectivity index (χ1) is 11.6. The summed E-state index contributed by atoms with van der Waals surface area (Å²) in [7, 11) is 0. The molecule has 2 aromatic heterocycles. The van der Waals surface area contributed by atoms with Crippen molar-refractivity contribution in [1.29, 1.82) is 0 Å². The summed E-state index contributed by atoms with van der Waals surface area (Å²) in [6, 6.07) is 3.34. The third-order valence-corrected chi connectivity index (χ3v) is 4.04. The molecule has 0 bridgehead atoms. The Morgan fingerprint density at radius 1 is 1.12 bits per heavy atom. The van der Waals surface area contributed by atoms with Gasteiger partial charge in [-0.3, -0.25) is 0 Å². The second kappa shape index (κ2) is 5.68. The molecule has 0 spiro atoms. The summed E-state index contributed by atoms with van der Waals surface area (Å²) in [6.07, 6.45) is 4.18. The van der Waals surface area contributed by atoms with Crippen LogP contribution in [-0.2, 0) is 4.74 Å². The third-order valence-electron chi connectivity index (χ3n) is 4.04. The van der Waals surface area contributed by atoms with Gasteiger partial charge in [0.1, 0.15) is 5.52 Å². The first-order valence-corrected chi connectivity index (χ1v) is 7.68. The summed E-state index contributed by atoms with van der Waals surface area (Å²) in [5, 5.41) is 4.98. The van der Waals surface area contributed by atoms with Crippen molar-refractivity contribution in [3.63, 3.8) is 0 Å². The molecule has 0 aliphatic carbocycles. The summed E-state index contributed by atoms with van der Waals surface area (Å²) in [4.78, 5) is 11.7. The summed E-state index contributed by atoms with van der Waals surface area (Å²) >= 11 is 0. The van der Waals surface area contributed by atoms with Crippen molar-refractivity contribution in [2.75, 3.05) is 18.1 Å². The molecule has 24 heavy (non-hydrogen) atoms. The highest BCUT2D eigenvalue weighted by molar-refractivity contribution is 5.84. The average Bonchev–Trinajstić information content (AvgIpc) is 3.00. The molecule has 4 N–H and O–H groups in total. The van der Waals surface area contributed by atoms with Gasteiger partial charge in [-0.05, 0) is 25.3 Å². The zero-order valence-corrected chi connectivity index (χ0v) is 12.8. The van der Waals surface area contributed by atoms with Crippen molar-refractivity contribution in [2.45, 2.75) is 25.5 Å². The van der Waals surface area contributed by atoms with E-state index in [0.717, 1.165) is 19.3 Å². The normalized spacial score (nSPS) is 18.1. The minimum absolute atomic E-state index is 0.0545. The molecule has 1 saturated heterocycles. The molecule has 1 unspecified atom stereocenters. The zero-order valence-electron chi connectivity index (χ0n) is 12.8. The van der Waals surface area contributed by atoms with E-state index in [1.54, 1.807) is 23.0 Å². The number of hydrogen-bond donors (Lipinski definition) is 2. The van der Waals surface area contributed by atoms with Gasteiger partial charge < -0.3 is 16.2 Å². The van der Waals surface area contributed by atoms with Gasteiger partial charge >= 0.3 is 0 Å². The molecule has 3 heterocycles. The van der Waals surface area contributed by atoms with Gasteiger partial charge in [-0.15, -0.1) is 0 Å². The smallest absolute Gasteiger partial charge is 0.225 e. The SMILES string of the molecule is Nc1nc(N)nc(-c2ccc3cnn(C4CCCCO4)c3c2F)n1. The van der Waals surface area contributed by atoms with Crippen LogP contribution in [0, 0.1) is 5.82 Å². The predicted molar refractivity (Wildman–Crippen MR) is 86.2 cm³/mol. The molecule has 1 aliphatic rings. The monoisotopic (exact) mass is 329 g/mol. The Morgan fingerprint density at radius 2 is 1.92 bits per heavy atom. The molecule has 1 aromatic carbocycles. The van der Waals surface area contributed by atoms with E-state index in [9.17, 15) is 0 Å². The van der Waals surface area contributed by atoms with Crippen LogP contribution >= 0.6 is 0 Å². The third kappa shape index (κ3) is 2.42. The maximum atomic E-state index is 15.2. The number of aromatic nitrogens is 5. The maximum absolute atomic E-state index is 15.2. The van der Waals surface area contributed by atoms with Gasteiger partial charge in [0.05, 0.1) is 11.8 Å². The van der Waals surface area contributed by atoms with Gasteiger partial charge in [0.2, 0.25) is 11.9 Å². The van der Waals surface area contributed by atoms with Crippen LogP contribution in [0.4, 0.5) is 16.3 Å². The van der Waals surface area contributed by atoms with Crippen molar-refractivity contribution in [2.24, 2.45) is 0 Å². The molecular formula is C15H16FN7O. The van der Waals surface area contributed by atoms with Gasteiger partial charge in [0.15, 0.2) is 17.9 Å². The fraction of sp³-hybridized carbons (Fsp3) is 0.333. The lowest BCUT2D eigenvalue weighted by molar-refractivity contribution is -0.0369. The van der Waals surface area contributed by atoms with Gasteiger partial charge in [0, 0.05) is 12.0 Å². The van der Waals surface area contributed by atoms with Crippen molar-refractivity contribution in [3.8, 4) is 11.4 Å². The van der Waals surface area contributed by atoms with Crippen LogP contribution in [0.2, 0.25) is 0 Å². The number of ether oxygens (including phenoxy) is 1. The summed E-state index contributed by atoms with van der Waals surface area (Å²) in [5.41, 5.74) is 11.7. The lowest BCUT2D eigenvalue weighted by Crippen LogP contribution is -2.19. The quantitative estimate of drug-likeness (QED) is 0.737. The molecule has 1 atom stereocenters. The number of anilines is 2. The molecular weight excluding hydrogens is 313 g/mol. The van der Waals surface area contributed by atoms with Gasteiger partial charge in [-0.25, -0.2) is 9.07 Å². The summed E-state index contributed by atoms with van der Waals surface area (Å²) in [6.45, 7) is 0.647. The van der Waals surface area contributed by atoms with Gasteiger partial charge in [-0.1, -0.05) is 6.07 Å². The topological polar surface area (TPSA) is 118 Å². The second-order valence-corrected chi connectivity index (χ2v) is 5.65. The number of fused-ring (bicyclic) bond motifs is 1. The largest absolute Gasteiger partial charge is 0.368 e. The Bertz CT molecular complexity index is 884. The molecule has 3 aromatic rings. The predicted octanol–water partition coefficient (Wildman–Crippen LogP) is 1.89. The highest BCUT2D eigenvalue weighted by Gasteiger charge is 2.23. The molecule has 9 heteroatoms.